The fourth-order valence-electron chi connectivity index (χ4n) is 0.961. The molecule has 1 rings (SSSR count). The van der Waals surface area contributed by atoms with Crippen LogP contribution >= 0.6 is 15.9 Å². The van der Waals surface area contributed by atoms with Crippen LogP contribution in [0.5, 0.6) is 0 Å². The number of rotatable bonds is 3. The number of carboxylic acids is 1. The van der Waals surface area contributed by atoms with Gasteiger partial charge >= 0.3 is 5.97 Å². The van der Waals surface area contributed by atoms with Crippen molar-refractivity contribution in [3.05, 3.63) is 40.1 Å². The number of aliphatic carboxylic acids is 1. The Morgan fingerprint density at radius 1 is 1.31 bits per heavy atom. The highest BCUT2D eigenvalue weighted by Crippen LogP contribution is 2.23. The third-order valence-corrected chi connectivity index (χ3v) is 2.34. The summed E-state index contributed by atoms with van der Waals surface area (Å²) in [4.78, 5) is 21.0. The minimum Gasteiger partial charge on any atom is -0.507 e. The molecule has 6 heteroatoms. The first-order valence-corrected chi connectivity index (χ1v) is 4.84. The largest absolute Gasteiger partial charge is 0.507 e. The number of aliphatic hydroxyl groups excluding tert-OH is 1. The number of benzene rings is 1. The van der Waals surface area contributed by atoms with Gasteiger partial charge in [-0.25, -0.2) is 9.18 Å². The summed E-state index contributed by atoms with van der Waals surface area (Å²) >= 11 is 2.98. The number of halogens is 2. The molecule has 0 fully saturated rings. The Balaban J connectivity index is 3.10. The van der Waals surface area contributed by atoms with Crippen LogP contribution < -0.4 is 0 Å². The molecule has 0 heterocycles. The molecule has 0 aliphatic rings. The first kappa shape index (κ1) is 12.4. The Hall–Kier alpha value is -1.69. The summed E-state index contributed by atoms with van der Waals surface area (Å²) in [7, 11) is 0. The van der Waals surface area contributed by atoms with Crippen molar-refractivity contribution in [2.24, 2.45) is 0 Å². The van der Waals surface area contributed by atoms with Gasteiger partial charge in [-0.15, -0.1) is 0 Å². The predicted molar refractivity (Wildman–Crippen MR) is 57.3 cm³/mol. The fourth-order valence-corrected chi connectivity index (χ4v) is 1.51. The van der Waals surface area contributed by atoms with Crippen LogP contribution in [0.3, 0.4) is 0 Å². The molecule has 84 valence electrons. The Bertz CT molecular complexity index is 482. The molecule has 1 aromatic rings. The van der Waals surface area contributed by atoms with Gasteiger partial charge in [0, 0.05) is 16.1 Å². The lowest BCUT2D eigenvalue weighted by molar-refractivity contribution is -0.146. The van der Waals surface area contributed by atoms with E-state index in [4.69, 9.17) is 5.11 Å². The number of hydrogen-bond acceptors (Lipinski definition) is 3. The van der Waals surface area contributed by atoms with Crippen molar-refractivity contribution in [3.8, 4) is 0 Å². The lowest BCUT2D eigenvalue weighted by Crippen LogP contribution is -2.09. The van der Waals surface area contributed by atoms with Crippen molar-refractivity contribution < 1.29 is 24.2 Å². The summed E-state index contributed by atoms with van der Waals surface area (Å²) in [6.07, 6.45) is 0.556. The van der Waals surface area contributed by atoms with Gasteiger partial charge in [-0.3, -0.25) is 4.79 Å². The highest BCUT2D eigenvalue weighted by Gasteiger charge is 2.12. The number of ketones is 1. The molecule has 0 aromatic heterocycles. The van der Waals surface area contributed by atoms with Crippen LogP contribution in [0.15, 0.2) is 28.7 Å². The second-order valence-electron chi connectivity index (χ2n) is 2.82. The number of aliphatic hydroxyl groups is 1. The van der Waals surface area contributed by atoms with E-state index >= 15 is 0 Å². The van der Waals surface area contributed by atoms with Crippen LogP contribution in [-0.2, 0) is 9.59 Å². The van der Waals surface area contributed by atoms with Crippen LogP contribution in [0, 0.1) is 5.82 Å². The SMILES string of the molecule is O=C(O)C(=O)C=C(O)c1ccc(F)cc1Br. The Kier molecular flexibility index (Phi) is 3.78. The molecule has 2 N–H and O–H groups in total. The molecule has 0 spiro atoms. The third kappa shape index (κ3) is 2.90. The van der Waals surface area contributed by atoms with Crippen LogP contribution in [0.25, 0.3) is 5.76 Å². The Morgan fingerprint density at radius 2 is 1.94 bits per heavy atom. The molecular weight excluding hydrogens is 283 g/mol. The van der Waals surface area contributed by atoms with E-state index < -0.39 is 23.3 Å². The average molecular weight is 289 g/mol. The van der Waals surface area contributed by atoms with Gasteiger partial charge in [0.1, 0.15) is 11.6 Å². The molecule has 1 aromatic carbocycles. The lowest BCUT2D eigenvalue weighted by Gasteiger charge is -2.02. The third-order valence-electron chi connectivity index (χ3n) is 1.69. The van der Waals surface area contributed by atoms with Crippen LogP contribution in [-0.4, -0.2) is 22.0 Å². The molecule has 0 saturated carbocycles. The molecule has 4 nitrogen and oxygen atoms in total. The quantitative estimate of drug-likeness (QED) is 0.508. The smallest absolute Gasteiger partial charge is 0.376 e. The van der Waals surface area contributed by atoms with Gasteiger partial charge < -0.3 is 10.2 Å². The molecule has 0 aliphatic carbocycles. The van der Waals surface area contributed by atoms with Crippen molar-refractivity contribution in [1.82, 2.24) is 0 Å². The molecule has 0 bridgehead atoms. The minimum absolute atomic E-state index is 0.135. The fraction of sp³-hybridized carbons (Fsp3) is 0. The van der Waals surface area contributed by atoms with Crippen LogP contribution in [0.2, 0.25) is 0 Å². The van der Waals surface area contributed by atoms with Crippen LogP contribution in [0.1, 0.15) is 5.56 Å². The van der Waals surface area contributed by atoms with E-state index in [0.29, 0.717) is 6.08 Å². The van der Waals surface area contributed by atoms with Crippen molar-refractivity contribution in [1.29, 1.82) is 0 Å². The number of hydrogen-bond donors (Lipinski definition) is 2. The molecule has 0 aliphatic heterocycles. The van der Waals surface area contributed by atoms with E-state index in [1.54, 1.807) is 0 Å². The molecule has 0 unspecified atom stereocenters. The predicted octanol–water partition coefficient (Wildman–Crippen LogP) is 2.14. The summed E-state index contributed by atoms with van der Waals surface area (Å²) in [5.41, 5.74) is 0.135. The molecule has 0 radical (unpaired) electrons. The topological polar surface area (TPSA) is 74.6 Å². The second-order valence-corrected chi connectivity index (χ2v) is 3.68. The maximum absolute atomic E-state index is 12.7. The zero-order valence-electron chi connectivity index (χ0n) is 7.78. The van der Waals surface area contributed by atoms with Crippen molar-refractivity contribution in [2.45, 2.75) is 0 Å². The lowest BCUT2D eigenvalue weighted by atomic mass is 10.1. The number of carbonyl (C=O) groups is 2. The first-order chi connectivity index (χ1) is 7.41. The Morgan fingerprint density at radius 3 is 2.44 bits per heavy atom. The second kappa shape index (κ2) is 4.89. The van der Waals surface area contributed by atoms with E-state index in [1.165, 1.54) is 6.07 Å². The molecule has 0 amide bonds. The summed E-state index contributed by atoms with van der Waals surface area (Å²) in [6, 6.07) is 3.39. The summed E-state index contributed by atoms with van der Waals surface area (Å²) in [6.45, 7) is 0. The highest BCUT2D eigenvalue weighted by atomic mass is 79.9. The summed E-state index contributed by atoms with van der Waals surface area (Å²) in [5.74, 6) is -3.99. The normalized spacial score (nSPS) is 11.2. The zero-order chi connectivity index (χ0) is 12.3. The van der Waals surface area contributed by atoms with Crippen LogP contribution in [0.4, 0.5) is 4.39 Å². The monoisotopic (exact) mass is 288 g/mol. The van der Waals surface area contributed by atoms with Gasteiger partial charge in [0.25, 0.3) is 5.78 Å². The number of carboxylic acid groups (broad SMARTS) is 1. The minimum atomic E-state index is -1.68. The van der Waals surface area contributed by atoms with Crippen molar-refractivity contribution >= 4 is 33.4 Å². The average Bonchev–Trinajstić information content (AvgIpc) is 2.16. The van der Waals surface area contributed by atoms with Gasteiger partial charge in [-0.2, -0.15) is 0 Å². The van der Waals surface area contributed by atoms with Gasteiger partial charge in [0.2, 0.25) is 0 Å². The van der Waals surface area contributed by atoms with E-state index in [2.05, 4.69) is 15.9 Å². The van der Waals surface area contributed by atoms with Gasteiger partial charge in [-0.05, 0) is 34.1 Å². The molecular formula is C10H6BrFO4. The standard InChI is InChI=1S/C10H6BrFO4/c11-7-3-5(12)1-2-6(7)8(13)4-9(14)10(15)16/h1-4,13H,(H,15,16). The molecule has 0 atom stereocenters. The maximum Gasteiger partial charge on any atom is 0.376 e. The molecule has 0 saturated heterocycles. The van der Waals surface area contributed by atoms with E-state index in [-0.39, 0.29) is 10.0 Å². The van der Waals surface area contributed by atoms with Gasteiger partial charge in [0.15, 0.2) is 0 Å². The van der Waals surface area contributed by atoms with Crippen molar-refractivity contribution in [3.63, 3.8) is 0 Å². The Labute approximate surface area is 98.1 Å². The zero-order valence-corrected chi connectivity index (χ0v) is 9.36. The van der Waals surface area contributed by atoms with E-state index in [0.717, 1.165) is 12.1 Å². The summed E-state index contributed by atoms with van der Waals surface area (Å²) < 4.78 is 12.9. The summed E-state index contributed by atoms with van der Waals surface area (Å²) in [5, 5.41) is 17.8. The van der Waals surface area contributed by atoms with E-state index in [1.807, 2.05) is 0 Å². The van der Waals surface area contributed by atoms with Gasteiger partial charge in [-0.1, -0.05) is 0 Å². The first-order valence-electron chi connectivity index (χ1n) is 4.05. The maximum atomic E-state index is 12.7. The number of carbonyl (C=O) groups excluding carboxylic acids is 1. The van der Waals surface area contributed by atoms with Crippen molar-refractivity contribution in [2.75, 3.05) is 0 Å². The van der Waals surface area contributed by atoms with E-state index in [9.17, 15) is 19.1 Å². The van der Waals surface area contributed by atoms with Gasteiger partial charge in [0.05, 0.1) is 0 Å². The molecule has 16 heavy (non-hydrogen) atoms. The highest BCUT2D eigenvalue weighted by molar-refractivity contribution is 9.10.